The molecule has 0 aromatic carbocycles. The molecule has 0 aromatic rings. The third kappa shape index (κ3) is 81.1. The van der Waals surface area contributed by atoms with Crippen LogP contribution in [-0.4, -0.2) is 99.6 Å². The summed E-state index contributed by atoms with van der Waals surface area (Å²) in [6.45, 7) is 32.0. The van der Waals surface area contributed by atoms with Crippen LogP contribution in [0, 0.1) is 47.3 Å². The molecule has 84 heavy (non-hydrogen) atoms. The van der Waals surface area contributed by atoms with Crippen LogP contribution in [0.3, 0.4) is 0 Å². The van der Waals surface area contributed by atoms with Crippen LogP contribution in [0.5, 0.6) is 0 Å². The van der Waals surface area contributed by atoms with Crippen molar-refractivity contribution in [3.05, 3.63) is 0 Å². The molecule has 0 bridgehead atoms. The van der Waals surface area contributed by atoms with Gasteiger partial charge in [-0.15, -0.1) is 0 Å². The first-order chi connectivity index (χ1) is 37.7. The van der Waals surface area contributed by atoms with E-state index in [1.807, 2.05) is 55.4 Å². The Morgan fingerprint density at radius 3 is 0.310 bits per heavy atom. The largest absolute Gasteiger partial charge is 0.870 e. The van der Waals surface area contributed by atoms with Crippen LogP contribution < -0.4 is 0 Å². The average Bonchev–Trinajstić information content (AvgIpc) is 3.41. The fourth-order valence-electron chi connectivity index (χ4n) is 7.62. The van der Waals surface area contributed by atoms with Crippen molar-refractivity contribution in [2.45, 2.75) is 316 Å². The zero-order valence-corrected chi connectivity index (χ0v) is 59.8. The van der Waals surface area contributed by atoms with Crippen molar-refractivity contribution in [1.29, 1.82) is 0 Å². The van der Waals surface area contributed by atoms with Crippen LogP contribution in [0.4, 0.5) is 0 Å². The minimum atomic E-state index is -0.643. The minimum Gasteiger partial charge on any atom is -0.870 e. The summed E-state index contributed by atoms with van der Waals surface area (Å²) in [6, 6.07) is 0. The van der Waals surface area contributed by atoms with Crippen LogP contribution in [0.1, 0.15) is 316 Å². The number of hydrogen-bond acceptors (Lipinski definition) is 10. The van der Waals surface area contributed by atoms with Crippen LogP contribution in [0.25, 0.3) is 0 Å². The van der Waals surface area contributed by atoms with Gasteiger partial charge in [0.1, 0.15) is 0 Å². The summed E-state index contributed by atoms with van der Waals surface area (Å²) in [4.78, 5) is 83.5. The summed E-state index contributed by atoms with van der Waals surface area (Å²) >= 11 is 0. The molecule has 0 rings (SSSR count). The molecule has 0 aliphatic rings. The zero-order valence-electron chi connectivity index (χ0n) is 55.8. The zero-order chi connectivity index (χ0) is 63.9. The minimum absolute atomic E-state index is 0. The normalized spacial score (nSPS) is 12.4. The van der Waals surface area contributed by atoms with E-state index in [4.69, 9.17) is 40.9 Å². The summed E-state index contributed by atoms with van der Waals surface area (Å²) in [5.74, 6) is -6.03. The molecular weight excluding hydrogens is 1250 g/mol. The quantitative estimate of drug-likeness (QED) is 0.0264. The van der Waals surface area contributed by atoms with Gasteiger partial charge >= 0.3 is 47.8 Å². The van der Waals surface area contributed by atoms with Crippen LogP contribution in [-0.2, 0) is 80.5 Å². The molecule has 8 unspecified atom stereocenters. The molecule has 20 heteroatoms. The van der Waals surface area contributed by atoms with Gasteiger partial charge in [0.2, 0.25) is 0 Å². The molecule has 0 amide bonds. The molecule has 8 atom stereocenters. The van der Waals surface area contributed by atoms with E-state index in [-0.39, 0.29) is 100 Å². The van der Waals surface area contributed by atoms with Crippen molar-refractivity contribution >= 4 is 47.8 Å². The first-order valence-corrected chi connectivity index (χ1v) is 31.6. The van der Waals surface area contributed by atoms with Gasteiger partial charge in [-0.1, -0.05) is 214 Å². The Balaban J connectivity index is -0.0000000701. The van der Waals surface area contributed by atoms with Gasteiger partial charge in [-0.25, -0.2) is 0 Å². The van der Waals surface area contributed by atoms with Gasteiger partial charge in [-0.3, -0.25) is 38.4 Å². The van der Waals surface area contributed by atoms with E-state index in [1.165, 1.54) is 0 Å². The van der Waals surface area contributed by atoms with Crippen molar-refractivity contribution in [2.24, 2.45) is 47.3 Å². The molecule has 0 radical (unpaired) electrons. The molecule has 18 nitrogen and oxygen atoms in total. The molecule has 508 valence electrons. The van der Waals surface area contributed by atoms with Crippen molar-refractivity contribution in [3.8, 4) is 0 Å². The molecule has 0 fully saturated rings. The Labute approximate surface area is 540 Å². The monoisotopic (exact) mass is 1380 g/mol. The Morgan fingerprint density at radius 1 is 0.202 bits per heavy atom. The summed E-state index contributed by atoms with van der Waals surface area (Å²) in [6.07, 6.45) is 29.7. The number of unbranched alkanes of at least 4 members (excludes halogenated alkanes) is 8. The Bertz CT molecular complexity index is 1130. The molecule has 0 heterocycles. The van der Waals surface area contributed by atoms with Gasteiger partial charge in [0.05, 0.1) is 47.3 Å². The van der Waals surface area contributed by atoms with Crippen molar-refractivity contribution < 1.29 is 132 Å². The number of hydrogen-bond donors (Lipinski definition) is 8. The van der Waals surface area contributed by atoms with Crippen LogP contribution in [0.15, 0.2) is 0 Å². The van der Waals surface area contributed by atoms with Crippen molar-refractivity contribution in [1.82, 2.24) is 0 Å². The van der Waals surface area contributed by atoms with E-state index >= 15 is 0 Å². The molecular formula is C64H130Mo2O18-2. The fourth-order valence-corrected chi connectivity index (χ4v) is 7.62. The van der Waals surface area contributed by atoms with Crippen LogP contribution >= 0.6 is 0 Å². The molecule has 0 spiro atoms. The molecule has 0 aromatic heterocycles. The van der Waals surface area contributed by atoms with Gasteiger partial charge in [0.25, 0.3) is 0 Å². The van der Waals surface area contributed by atoms with E-state index in [0.29, 0.717) is 0 Å². The van der Waals surface area contributed by atoms with E-state index < -0.39 is 47.8 Å². The SMILES string of the molecule is CCCCC(CC)C(=O)O.CCCCC(CC)C(=O)O.CCCCC(CC)C(=O)O.CCCCC(CC)C(=O)O.CCCCC(CC)C(=O)O.CCCCC(CC)C(=O)O.CCCCC(CC)C(=O)O.CCCCC(CC)C(=O)O.[Mo].[Mo].[OH-].[OH-]. The summed E-state index contributed by atoms with van der Waals surface area (Å²) in [5.41, 5.74) is 0. The van der Waals surface area contributed by atoms with E-state index in [1.54, 1.807) is 0 Å². The predicted octanol–water partition coefficient (Wildman–Crippen LogP) is 17.9. The number of carbonyl (C=O) groups is 8. The standard InChI is InChI=1S/8C8H16O2.2Mo.2H2O/c8*1-3-5-6-7(4-2)8(9)10;;;;/h8*7H,3-6H2,1-2H3,(H,9,10);;;2*1H2/p-2. The number of carboxylic acids is 8. The summed E-state index contributed by atoms with van der Waals surface area (Å²) < 4.78 is 0. The smallest absolute Gasteiger partial charge is 0.306 e. The summed E-state index contributed by atoms with van der Waals surface area (Å²) in [7, 11) is 0. The number of carboxylic acid groups (broad SMARTS) is 8. The predicted molar refractivity (Wildman–Crippen MR) is 331 cm³/mol. The molecule has 0 saturated heterocycles. The van der Waals surface area contributed by atoms with Crippen LogP contribution in [0.2, 0.25) is 0 Å². The second-order valence-electron chi connectivity index (χ2n) is 20.7. The second-order valence-corrected chi connectivity index (χ2v) is 20.7. The summed E-state index contributed by atoms with van der Waals surface area (Å²) in [5, 5.41) is 68.8. The maximum Gasteiger partial charge on any atom is 0.306 e. The van der Waals surface area contributed by atoms with E-state index in [9.17, 15) is 38.4 Å². The molecule has 0 aliphatic carbocycles. The van der Waals surface area contributed by atoms with Gasteiger partial charge in [-0.05, 0) is 103 Å². The topological polar surface area (TPSA) is 358 Å². The molecule has 10 N–H and O–H groups in total. The van der Waals surface area contributed by atoms with Crippen molar-refractivity contribution in [2.75, 3.05) is 0 Å². The Hall–Kier alpha value is -2.94. The number of aliphatic carboxylic acids is 8. The van der Waals surface area contributed by atoms with E-state index in [0.717, 1.165) is 205 Å². The Kier molecular flexibility index (Phi) is 109. The third-order valence-electron chi connectivity index (χ3n) is 14.0. The average molecular weight is 1380 g/mol. The van der Waals surface area contributed by atoms with E-state index in [2.05, 4.69) is 55.4 Å². The first kappa shape index (κ1) is 109. The van der Waals surface area contributed by atoms with Gasteiger partial charge in [-0.2, -0.15) is 0 Å². The maximum atomic E-state index is 10.4. The number of rotatable bonds is 40. The van der Waals surface area contributed by atoms with Gasteiger partial charge in [0, 0.05) is 42.1 Å². The Morgan fingerprint density at radius 2 is 0.274 bits per heavy atom. The second kappa shape index (κ2) is 84.3. The molecule has 0 saturated carbocycles. The van der Waals surface area contributed by atoms with Gasteiger partial charge in [0.15, 0.2) is 0 Å². The maximum absolute atomic E-state index is 10.4. The fraction of sp³-hybridized carbons (Fsp3) is 0.875. The third-order valence-corrected chi connectivity index (χ3v) is 14.0. The van der Waals surface area contributed by atoms with Gasteiger partial charge < -0.3 is 51.8 Å². The molecule has 0 aliphatic heterocycles. The van der Waals surface area contributed by atoms with Crippen molar-refractivity contribution in [3.63, 3.8) is 0 Å². The first-order valence-electron chi connectivity index (χ1n) is 31.6.